The third-order valence-electron chi connectivity index (χ3n) is 4.15. The molecule has 1 aliphatic rings. The molecule has 0 spiro atoms. The number of hydrogen-bond acceptors (Lipinski definition) is 3. The van der Waals surface area contributed by atoms with E-state index in [0.29, 0.717) is 5.92 Å². The molecule has 0 aromatic rings. The third-order valence-corrected chi connectivity index (χ3v) is 4.15. The second-order valence-electron chi connectivity index (χ2n) is 6.86. The Morgan fingerprint density at radius 2 is 1.90 bits per heavy atom. The van der Waals surface area contributed by atoms with Crippen LogP contribution in [0.2, 0.25) is 0 Å². The van der Waals surface area contributed by atoms with Gasteiger partial charge in [0, 0.05) is 13.2 Å². The first-order valence-electron chi connectivity index (χ1n) is 8.50. The Hall–Kier alpha value is -0.120. The first-order valence-corrected chi connectivity index (χ1v) is 8.50. The molecule has 20 heavy (non-hydrogen) atoms. The fraction of sp³-hybridized carbons (Fsp3) is 1.00. The lowest BCUT2D eigenvalue weighted by Gasteiger charge is -2.39. The second-order valence-corrected chi connectivity index (χ2v) is 6.86. The smallest absolute Gasteiger partial charge is 0.0807 e. The summed E-state index contributed by atoms with van der Waals surface area (Å²) in [6.45, 7) is 13.3. The van der Waals surface area contributed by atoms with Crippen molar-refractivity contribution in [2.75, 3.05) is 32.9 Å². The molecule has 0 aromatic carbocycles. The van der Waals surface area contributed by atoms with E-state index in [2.05, 4.69) is 33.0 Å². The van der Waals surface area contributed by atoms with Crippen LogP contribution in [-0.4, -0.2) is 38.5 Å². The lowest BCUT2D eigenvalue weighted by atomic mass is 9.79. The Morgan fingerprint density at radius 3 is 2.50 bits per heavy atom. The topological polar surface area (TPSA) is 30.5 Å². The Labute approximate surface area is 125 Å². The van der Waals surface area contributed by atoms with Crippen LogP contribution in [0.25, 0.3) is 0 Å². The van der Waals surface area contributed by atoms with Crippen molar-refractivity contribution in [2.45, 2.75) is 65.4 Å². The lowest BCUT2D eigenvalue weighted by Crippen LogP contribution is -2.46. The lowest BCUT2D eigenvalue weighted by molar-refractivity contribution is -0.0928. The zero-order valence-electron chi connectivity index (χ0n) is 14.0. The van der Waals surface area contributed by atoms with Crippen LogP contribution in [0, 0.1) is 11.8 Å². The van der Waals surface area contributed by atoms with Crippen molar-refractivity contribution in [1.82, 2.24) is 5.32 Å². The van der Waals surface area contributed by atoms with Gasteiger partial charge >= 0.3 is 0 Å². The van der Waals surface area contributed by atoms with Gasteiger partial charge in [0.05, 0.1) is 18.8 Å². The van der Waals surface area contributed by atoms with E-state index in [1.165, 1.54) is 32.1 Å². The summed E-state index contributed by atoms with van der Waals surface area (Å²) in [5, 5.41) is 3.55. The second kappa shape index (κ2) is 9.75. The van der Waals surface area contributed by atoms with Gasteiger partial charge in [-0.2, -0.15) is 0 Å². The average Bonchev–Trinajstić information content (AvgIpc) is 2.42. The van der Waals surface area contributed by atoms with Gasteiger partial charge in [-0.25, -0.2) is 0 Å². The molecule has 0 unspecified atom stereocenters. The molecule has 0 amide bonds. The maximum atomic E-state index is 6.26. The Bertz CT molecular complexity index is 235. The molecular weight excluding hydrogens is 250 g/mol. The predicted molar refractivity (Wildman–Crippen MR) is 85.1 cm³/mol. The third kappa shape index (κ3) is 7.05. The van der Waals surface area contributed by atoms with Gasteiger partial charge in [-0.3, -0.25) is 0 Å². The molecule has 3 heteroatoms. The average molecular weight is 285 g/mol. The summed E-state index contributed by atoms with van der Waals surface area (Å²) >= 11 is 0. The standard InChI is InChI=1S/C17H35NO2/c1-5-10-18-14-17(8-6-16(4)7-9-17)20-12-11-19-13-15(2)3/h15-16,18H,5-14H2,1-4H3. The van der Waals surface area contributed by atoms with Crippen molar-refractivity contribution in [2.24, 2.45) is 11.8 Å². The molecule has 0 aliphatic heterocycles. The van der Waals surface area contributed by atoms with Crippen LogP contribution in [0.15, 0.2) is 0 Å². The predicted octanol–water partition coefficient (Wildman–Crippen LogP) is 3.62. The molecule has 0 aromatic heterocycles. The zero-order chi connectivity index (χ0) is 14.8. The highest BCUT2D eigenvalue weighted by atomic mass is 16.5. The van der Waals surface area contributed by atoms with Crippen LogP contribution in [0.4, 0.5) is 0 Å². The monoisotopic (exact) mass is 285 g/mol. The van der Waals surface area contributed by atoms with Gasteiger partial charge < -0.3 is 14.8 Å². The summed E-state index contributed by atoms with van der Waals surface area (Å²) in [5.74, 6) is 1.46. The number of nitrogens with one attached hydrogen (secondary N) is 1. The van der Waals surface area contributed by atoms with Crippen LogP contribution >= 0.6 is 0 Å². The minimum absolute atomic E-state index is 0.0584. The zero-order valence-corrected chi connectivity index (χ0v) is 14.0. The normalized spacial score (nSPS) is 27.1. The molecule has 3 nitrogen and oxygen atoms in total. The van der Waals surface area contributed by atoms with Crippen molar-refractivity contribution in [3.63, 3.8) is 0 Å². The number of ether oxygens (including phenoxy) is 2. The molecule has 0 radical (unpaired) electrons. The summed E-state index contributed by atoms with van der Waals surface area (Å²) in [7, 11) is 0. The summed E-state index contributed by atoms with van der Waals surface area (Å²) in [4.78, 5) is 0. The molecule has 1 saturated carbocycles. The van der Waals surface area contributed by atoms with Gasteiger partial charge in [0.2, 0.25) is 0 Å². The van der Waals surface area contributed by atoms with E-state index in [4.69, 9.17) is 9.47 Å². The summed E-state index contributed by atoms with van der Waals surface area (Å²) in [5.41, 5.74) is 0.0584. The first-order chi connectivity index (χ1) is 9.58. The molecule has 1 rings (SSSR count). The molecule has 0 saturated heterocycles. The van der Waals surface area contributed by atoms with E-state index in [1.807, 2.05) is 0 Å². The summed E-state index contributed by atoms with van der Waals surface area (Å²) in [6, 6.07) is 0. The van der Waals surface area contributed by atoms with E-state index in [-0.39, 0.29) is 5.60 Å². The minimum Gasteiger partial charge on any atom is -0.379 e. The van der Waals surface area contributed by atoms with Crippen molar-refractivity contribution in [3.8, 4) is 0 Å². The van der Waals surface area contributed by atoms with Crippen LogP contribution in [0.3, 0.4) is 0 Å². The van der Waals surface area contributed by atoms with Crippen LogP contribution < -0.4 is 5.32 Å². The highest BCUT2D eigenvalue weighted by molar-refractivity contribution is 4.88. The van der Waals surface area contributed by atoms with E-state index in [1.54, 1.807) is 0 Å². The maximum absolute atomic E-state index is 6.26. The Kier molecular flexibility index (Phi) is 8.74. The molecule has 1 aliphatic carbocycles. The molecular formula is C17H35NO2. The van der Waals surface area contributed by atoms with Gasteiger partial charge in [0.25, 0.3) is 0 Å². The van der Waals surface area contributed by atoms with Crippen molar-refractivity contribution in [3.05, 3.63) is 0 Å². The largest absolute Gasteiger partial charge is 0.379 e. The number of hydrogen-bond donors (Lipinski definition) is 1. The van der Waals surface area contributed by atoms with E-state index < -0.39 is 0 Å². The van der Waals surface area contributed by atoms with Gasteiger partial charge in [0.15, 0.2) is 0 Å². The first kappa shape index (κ1) is 17.9. The van der Waals surface area contributed by atoms with Gasteiger partial charge in [-0.05, 0) is 50.5 Å². The van der Waals surface area contributed by atoms with Crippen LogP contribution in [-0.2, 0) is 9.47 Å². The van der Waals surface area contributed by atoms with Gasteiger partial charge in [0.1, 0.15) is 0 Å². The fourth-order valence-corrected chi connectivity index (χ4v) is 2.79. The molecule has 1 N–H and O–H groups in total. The molecule has 0 atom stereocenters. The number of rotatable bonds is 10. The van der Waals surface area contributed by atoms with Gasteiger partial charge in [-0.1, -0.05) is 27.7 Å². The van der Waals surface area contributed by atoms with E-state index in [0.717, 1.165) is 38.8 Å². The Morgan fingerprint density at radius 1 is 1.20 bits per heavy atom. The summed E-state index contributed by atoms with van der Waals surface area (Å²) in [6.07, 6.45) is 6.15. The van der Waals surface area contributed by atoms with Crippen molar-refractivity contribution in [1.29, 1.82) is 0 Å². The van der Waals surface area contributed by atoms with Crippen LogP contribution in [0.1, 0.15) is 59.8 Å². The quantitative estimate of drug-likeness (QED) is 0.622. The fourth-order valence-electron chi connectivity index (χ4n) is 2.79. The molecule has 120 valence electrons. The minimum atomic E-state index is 0.0584. The van der Waals surface area contributed by atoms with Gasteiger partial charge in [-0.15, -0.1) is 0 Å². The van der Waals surface area contributed by atoms with E-state index in [9.17, 15) is 0 Å². The van der Waals surface area contributed by atoms with Crippen molar-refractivity contribution >= 4 is 0 Å². The Balaban J connectivity index is 2.30. The molecule has 1 fully saturated rings. The van der Waals surface area contributed by atoms with Crippen LogP contribution in [0.5, 0.6) is 0 Å². The summed E-state index contributed by atoms with van der Waals surface area (Å²) < 4.78 is 11.9. The van der Waals surface area contributed by atoms with E-state index >= 15 is 0 Å². The molecule has 0 bridgehead atoms. The SMILES string of the molecule is CCCNCC1(OCCOCC(C)C)CCC(C)CC1. The maximum Gasteiger partial charge on any atom is 0.0807 e. The highest BCUT2D eigenvalue weighted by Gasteiger charge is 2.34. The highest BCUT2D eigenvalue weighted by Crippen LogP contribution is 2.34. The molecule has 0 heterocycles. The van der Waals surface area contributed by atoms with Crippen molar-refractivity contribution < 1.29 is 9.47 Å².